The highest BCUT2D eigenvalue weighted by Crippen LogP contribution is 2.34. The largest absolute Gasteiger partial charge is 0.475 e. The summed E-state index contributed by atoms with van der Waals surface area (Å²) >= 11 is 0. The van der Waals surface area contributed by atoms with E-state index in [9.17, 15) is 13.2 Å². The molecule has 0 aliphatic heterocycles. The van der Waals surface area contributed by atoms with Crippen LogP contribution in [-0.4, -0.2) is 28.1 Å². The van der Waals surface area contributed by atoms with Gasteiger partial charge in [-0.2, -0.15) is 13.2 Å². The maximum atomic E-state index is 12.7. The number of anilines is 1. The molecule has 0 saturated heterocycles. The first kappa shape index (κ1) is 14.0. The van der Waals surface area contributed by atoms with Gasteiger partial charge < -0.3 is 10.1 Å². The van der Waals surface area contributed by atoms with Crippen molar-refractivity contribution in [2.24, 2.45) is 0 Å². The molecule has 2 rings (SSSR count). The Morgan fingerprint density at radius 2 is 1.75 bits per heavy atom. The maximum absolute atomic E-state index is 12.7. The highest BCUT2D eigenvalue weighted by Gasteiger charge is 2.34. The Morgan fingerprint density at radius 3 is 2.45 bits per heavy atom. The van der Waals surface area contributed by atoms with E-state index in [1.54, 1.807) is 18.5 Å². The van der Waals surface area contributed by atoms with Crippen molar-refractivity contribution in [3.63, 3.8) is 0 Å². The molecular formula is C12H11F3N4O. The molecule has 0 unspecified atom stereocenters. The second-order valence-corrected chi connectivity index (χ2v) is 3.70. The topological polar surface area (TPSA) is 59.9 Å². The number of hydrogen-bond donors (Lipinski definition) is 1. The number of alkyl halides is 3. The Balaban J connectivity index is 1.89. The third-order valence-electron chi connectivity index (χ3n) is 2.27. The monoisotopic (exact) mass is 284 g/mol. The lowest BCUT2D eigenvalue weighted by Gasteiger charge is -2.12. The molecule has 0 atom stereocenters. The van der Waals surface area contributed by atoms with Crippen LogP contribution in [0, 0.1) is 0 Å². The molecule has 2 heterocycles. The van der Waals surface area contributed by atoms with Crippen LogP contribution in [-0.2, 0) is 6.18 Å². The molecule has 0 aliphatic carbocycles. The number of aromatic nitrogens is 3. The van der Waals surface area contributed by atoms with Gasteiger partial charge in [0.25, 0.3) is 0 Å². The van der Waals surface area contributed by atoms with Crippen LogP contribution in [0.1, 0.15) is 5.56 Å². The average Bonchev–Trinajstić information content (AvgIpc) is 2.44. The predicted octanol–water partition coefficient (Wildman–Crippen LogP) is 2.38. The lowest BCUT2D eigenvalue weighted by molar-refractivity contribution is -0.139. The number of ether oxygens (including phenoxy) is 1. The molecule has 0 radical (unpaired) electrons. The SMILES string of the molecule is FC(F)(F)c1cccnc1OCCNc1ncccn1. The van der Waals surface area contributed by atoms with Gasteiger partial charge in [0, 0.05) is 18.6 Å². The molecular weight excluding hydrogens is 273 g/mol. The summed E-state index contributed by atoms with van der Waals surface area (Å²) < 4.78 is 43.0. The minimum absolute atomic E-state index is 0.0122. The Bertz CT molecular complexity index is 548. The number of halogens is 3. The van der Waals surface area contributed by atoms with E-state index in [0.29, 0.717) is 5.95 Å². The molecule has 0 aromatic carbocycles. The van der Waals surface area contributed by atoms with Crippen LogP contribution in [0.4, 0.5) is 19.1 Å². The van der Waals surface area contributed by atoms with Crippen molar-refractivity contribution in [2.75, 3.05) is 18.5 Å². The van der Waals surface area contributed by atoms with E-state index in [1.807, 2.05) is 0 Å². The van der Waals surface area contributed by atoms with E-state index in [1.165, 1.54) is 12.3 Å². The Hall–Kier alpha value is -2.38. The van der Waals surface area contributed by atoms with Crippen molar-refractivity contribution < 1.29 is 17.9 Å². The van der Waals surface area contributed by atoms with E-state index in [-0.39, 0.29) is 13.2 Å². The molecule has 106 valence electrons. The lowest BCUT2D eigenvalue weighted by atomic mass is 10.2. The normalized spacial score (nSPS) is 11.2. The molecule has 0 aliphatic rings. The summed E-state index contributed by atoms with van der Waals surface area (Å²) in [6, 6.07) is 3.80. The van der Waals surface area contributed by atoms with E-state index >= 15 is 0 Å². The number of hydrogen-bond acceptors (Lipinski definition) is 5. The van der Waals surface area contributed by atoms with Gasteiger partial charge in [0.15, 0.2) is 0 Å². The van der Waals surface area contributed by atoms with Crippen molar-refractivity contribution >= 4 is 5.95 Å². The Labute approximate surface area is 112 Å². The zero-order chi connectivity index (χ0) is 14.4. The van der Waals surface area contributed by atoms with Gasteiger partial charge in [-0.3, -0.25) is 0 Å². The fourth-order valence-electron chi connectivity index (χ4n) is 1.42. The minimum atomic E-state index is -4.49. The van der Waals surface area contributed by atoms with E-state index in [4.69, 9.17) is 4.74 Å². The van der Waals surface area contributed by atoms with Crippen molar-refractivity contribution in [3.05, 3.63) is 42.4 Å². The average molecular weight is 284 g/mol. The summed E-state index contributed by atoms with van der Waals surface area (Å²) in [7, 11) is 0. The number of nitrogens with zero attached hydrogens (tertiary/aromatic N) is 3. The van der Waals surface area contributed by atoms with E-state index < -0.39 is 17.6 Å². The lowest BCUT2D eigenvalue weighted by Crippen LogP contribution is -2.16. The first-order chi connectivity index (χ1) is 9.57. The number of rotatable bonds is 5. The summed E-state index contributed by atoms with van der Waals surface area (Å²) in [4.78, 5) is 11.4. The van der Waals surface area contributed by atoms with Crippen LogP contribution >= 0.6 is 0 Å². The van der Waals surface area contributed by atoms with Gasteiger partial charge in [-0.1, -0.05) is 0 Å². The molecule has 0 fully saturated rings. The summed E-state index contributed by atoms with van der Waals surface area (Å²) in [6.45, 7) is 0.274. The summed E-state index contributed by atoms with van der Waals surface area (Å²) in [5.74, 6) is -0.0519. The Kier molecular flexibility index (Phi) is 4.34. The zero-order valence-corrected chi connectivity index (χ0v) is 10.3. The maximum Gasteiger partial charge on any atom is 0.421 e. The Morgan fingerprint density at radius 1 is 1.05 bits per heavy atom. The third-order valence-corrected chi connectivity index (χ3v) is 2.27. The number of pyridine rings is 1. The van der Waals surface area contributed by atoms with Gasteiger partial charge in [-0.05, 0) is 18.2 Å². The summed E-state index contributed by atoms with van der Waals surface area (Å²) in [6.07, 6.45) is -0.134. The standard InChI is InChI=1S/C12H11F3N4O/c13-12(14,15)9-3-1-4-16-10(9)20-8-7-19-11-17-5-2-6-18-11/h1-6H,7-8H2,(H,17,18,19). The van der Waals surface area contributed by atoms with Crippen molar-refractivity contribution in [1.82, 2.24) is 15.0 Å². The van der Waals surface area contributed by atoms with Gasteiger partial charge in [-0.25, -0.2) is 15.0 Å². The molecule has 0 amide bonds. The molecule has 0 bridgehead atoms. The zero-order valence-electron chi connectivity index (χ0n) is 10.3. The van der Waals surface area contributed by atoms with Gasteiger partial charge in [0.05, 0.1) is 6.54 Å². The minimum Gasteiger partial charge on any atom is -0.475 e. The van der Waals surface area contributed by atoms with Crippen LogP contribution in [0.3, 0.4) is 0 Å². The highest BCUT2D eigenvalue weighted by atomic mass is 19.4. The van der Waals surface area contributed by atoms with Gasteiger partial charge in [-0.15, -0.1) is 0 Å². The smallest absolute Gasteiger partial charge is 0.421 e. The van der Waals surface area contributed by atoms with E-state index in [2.05, 4.69) is 20.3 Å². The molecule has 5 nitrogen and oxygen atoms in total. The van der Waals surface area contributed by atoms with Crippen LogP contribution < -0.4 is 10.1 Å². The third kappa shape index (κ3) is 3.81. The summed E-state index contributed by atoms with van der Waals surface area (Å²) in [5.41, 5.74) is -0.893. The first-order valence-electron chi connectivity index (χ1n) is 5.73. The fourth-order valence-corrected chi connectivity index (χ4v) is 1.42. The predicted molar refractivity (Wildman–Crippen MR) is 65.3 cm³/mol. The van der Waals surface area contributed by atoms with E-state index in [0.717, 1.165) is 6.07 Å². The molecule has 0 spiro atoms. The molecule has 2 aromatic heterocycles. The van der Waals surface area contributed by atoms with Crippen molar-refractivity contribution in [2.45, 2.75) is 6.18 Å². The van der Waals surface area contributed by atoms with Crippen molar-refractivity contribution in [1.29, 1.82) is 0 Å². The molecule has 20 heavy (non-hydrogen) atoms. The summed E-state index contributed by atoms with van der Waals surface area (Å²) in [5, 5.41) is 2.82. The fraction of sp³-hybridized carbons (Fsp3) is 0.250. The quantitative estimate of drug-likeness (QED) is 0.854. The van der Waals surface area contributed by atoms with Crippen LogP contribution in [0.2, 0.25) is 0 Å². The molecule has 1 N–H and O–H groups in total. The van der Waals surface area contributed by atoms with Gasteiger partial charge >= 0.3 is 6.18 Å². The van der Waals surface area contributed by atoms with Crippen LogP contribution in [0.25, 0.3) is 0 Å². The second kappa shape index (κ2) is 6.18. The number of nitrogens with one attached hydrogen (secondary N) is 1. The molecule has 8 heteroatoms. The van der Waals surface area contributed by atoms with Crippen molar-refractivity contribution in [3.8, 4) is 5.88 Å². The molecule has 0 saturated carbocycles. The second-order valence-electron chi connectivity index (χ2n) is 3.70. The molecule has 2 aromatic rings. The van der Waals surface area contributed by atoms with Crippen LogP contribution in [0.5, 0.6) is 5.88 Å². The van der Waals surface area contributed by atoms with Crippen LogP contribution in [0.15, 0.2) is 36.8 Å². The highest BCUT2D eigenvalue weighted by molar-refractivity contribution is 5.28. The van der Waals surface area contributed by atoms with Gasteiger partial charge in [0.1, 0.15) is 12.2 Å². The first-order valence-corrected chi connectivity index (χ1v) is 5.73. The van der Waals surface area contributed by atoms with Gasteiger partial charge in [0.2, 0.25) is 11.8 Å².